The Balaban J connectivity index is 2.31. The predicted molar refractivity (Wildman–Crippen MR) is 71.5 cm³/mol. The highest BCUT2D eigenvalue weighted by Gasteiger charge is 2.25. The first kappa shape index (κ1) is 12.5. The highest BCUT2D eigenvalue weighted by atomic mass is 32.1. The summed E-state index contributed by atoms with van der Waals surface area (Å²) in [7, 11) is 0. The Morgan fingerprint density at radius 3 is 2.59 bits per heavy atom. The average molecular weight is 252 g/mol. The molecule has 1 aromatic carbocycles. The lowest BCUT2D eigenvalue weighted by molar-refractivity contribution is 0.305. The molecule has 0 aromatic heterocycles. The minimum Gasteiger partial charge on any atom is -0.392 e. The summed E-state index contributed by atoms with van der Waals surface area (Å²) in [5.41, 5.74) is 7.47. The van der Waals surface area contributed by atoms with Crippen LogP contribution in [0.2, 0.25) is 0 Å². The van der Waals surface area contributed by atoms with Crippen molar-refractivity contribution in [3.63, 3.8) is 0 Å². The van der Waals surface area contributed by atoms with Gasteiger partial charge in [-0.1, -0.05) is 24.4 Å². The Hall–Kier alpha value is -1.00. The molecule has 1 fully saturated rings. The summed E-state index contributed by atoms with van der Waals surface area (Å²) in [6.07, 6.45) is 2.36. The fraction of sp³-hybridized carbons (Fsp3) is 0.462. The standard InChI is InChI=1S/C13H17FN2S/c1-9-8-10(4-5-11(9)14)12(13(15)17)16-6-2-3-7-16/h4-5,8,12H,2-3,6-7H2,1H3,(H2,15,17). The maximum absolute atomic E-state index is 13.3. The van der Waals surface area contributed by atoms with Gasteiger partial charge in [0.15, 0.2) is 0 Å². The lowest BCUT2D eigenvalue weighted by atomic mass is 10.0. The first-order valence-corrected chi connectivity index (χ1v) is 6.30. The van der Waals surface area contributed by atoms with E-state index in [1.165, 1.54) is 18.9 Å². The molecule has 4 heteroatoms. The van der Waals surface area contributed by atoms with E-state index in [4.69, 9.17) is 18.0 Å². The third kappa shape index (κ3) is 2.64. The van der Waals surface area contributed by atoms with Crippen molar-refractivity contribution in [3.05, 3.63) is 35.1 Å². The second kappa shape index (κ2) is 5.10. The summed E-state index contributed by atoms with van der Waals surface area (Å²) in [5, 5.41) is 0. The fourth-order valence-electron chi connectivity index (χ4n) is 2.39. The summed E-state index contributed by atoms with van der Waals surface area (Å²) in [5.74, 6) is -0.183. The van der Waals surface area contributed by atoms with E-state index < -0.39 is 0 Å². The molecule has 0 saturated carbocycles. The molecular weight excluding hydrogens is 235 g/mol. The van der Waals surface area contributed by atoms with Crippen LogP contribution in [0.1, 0.15) is 30.0 Å². The van der Waals surface area contributed by atoms with Gasteiger partial charge in [-0.15, -0.1) is 0 Å². The van der Waals surface area contributed by atoms with Gasteiger partial charge in [0.2, 0.25) is 0 Å². The van der Waals surface area contributed by atoms with Crippen molar-refractivity contribution in [1.29, 1.82) is 0 Å². The number of rotatable bonds is 3. The van der Waals surface area contributed by atoms with Crippen LogP contribution in [-0.2, 0) is 0 Å². The van der Waals surface area contributed by atoms with Crippen molar-refractivity contribution in [2.45, 2.75) is 25.8 Å². The van der Waals surface area contributed by atoms with Crippen LogP contribution in [-0.4, -0.2) is 23.0 Å². The van der Waals surface area contributed by atoms with Crippen LogP contribution < -0.4 is 5.73 Å². The topological polar surface area (TPSA) is 29.3 Å². The molecule has 17 heavy (non-hydrogen) atoms. The normalized spacial score (nSPS) is 18.2. The molecule has 1 aliphatic rings. The van der Waals surface area contributed by atoms with Gasteiger partial charge in [0.05, 0.1) is 11.0 Å². The molecule has 0 spiro atoms. The first-order chi connectivity index (χ1) is 8.09. The number of likely N-dealkylation sites (tertiary alicyclic amines) is 1. The maximum atomic E-state index is 13.3. The van der Waals surface area contributed by atoms with Crippen LogP contribution in [0.15, 0.2) is 18.2 Å². The summed E-state index contributed by atoms with van der Waals surface area (Å²) >= 11 is 5.15. The van der Waals surface area contributed by atoms with Crippen molar-refractivity contribution < 1.29 is 4.39 Å². The molecule has 1 unspecified atom stereocenters. The number of aryl methyl sites for hydroxylation is 1. The zero-order valence-corrected chi connectivity index (χ0v) is 10.8. The van der Waals surface area contributed by atoms with Crippen LogP contribution in [0.25, 0.3) is 0 Å². The smallest absolute Gasteiger partial charge is 0.126 e. The van der Waals surface area contributed by atoms with Gasteiger partial charge in [-0.25, -0.2) is 4.39 Å². The van der Waals surface area contributed by atoms with Crippen LogP contribution in [0.5, 0.6) is 0 Å². The minimum absolute atomic E-state index is 0.0493. The van der Waals surface area contributed by atoms with Crippen molar-refractivity contribution >= 4 is 17.2 Å². The van der Waals surface area contributed by atoms with E-state index in [1.54, 1.807) is 13.0 Å². The summed E-state index contributed by atoms with van der Waals surface area (Å²) in [6, 6.07) is 5.07. The number of nitrogens with two attached hydrogens (primary N) is 1. The SMILES string of the molecule is Cc1cc(C(C(N)=S)N2CCCC2)ccc1F. The van der Waals surface area contributed by atoms with Crippen LogP contribution in [0.4, 0.5) is 4.39 Å². The van der Waals surface area contributed by atoms with E-state index in [0.717, 1.165) is 18.7 Å². The highest BCUT2D eigenvalue weighted by molar-refractivity contribution is 7.80. The van der Waals surface area contributed by atoms with E-state index in [0.29, 0.717) is 10.6 Å². The number of halogens is 1. The monoisotopic (exact) mass is 252 g/mol. The molecule has 1 atom stereocenters. The molecule has 1 aromatic rings. The van der Waals surface area contributed by atoms with E-state index in [-0.39, 0.29) is 11.9 Å². The summed E-state index contributed by atoms with van der Waals surface area (Å²) in [4.78, 5) is 2.74. The fourth-order valence-corrected chi connectivity index (χ4v) is 2.68. The van der Waals surface area contributed by atoms with Gasteiger partial charge in [-0.3, -0.25) is 4.90 Å². The zero-order valence-electron chi connectivity index (χ0n) is 9.95. The maximum Gasteiger partial charge on any atom is 0.126 e. The summed E-state index contributed by atoms with van der Waals surface area (Å²) in [6.45, 7) is 3.79. The molecule has 1 heterocycles. The number of benzene rings is 1. The second-order valence-corrected chi connectivity index (χ2v) is 5.03. The predicted octanol–water partition coefficient (Wildman–Crippen LogP) is 2.56. The molecule has 0 aliphatic carbocycles. The van der Waals surface area contributed by atoms with Crippen LogP contribution >= 0.6 is 12.2 Å². The molecular formula is C13H17FN2S. The molecule has 0 radical (unpaired) electrons. The van der Waals surface area contributed by atoms with Gasteiger partial charge in [-0.2, -0.15) is 0 Å². The lowest BCUT2D eigenvalue weighted by Crippen LogP contribution is -2.35. The Kier molecular flexibility index (Phi) is 3.74. The van der Waals surface area contributed by atoms with Crippen molar-refractivity contribution in [2.24, 2.45) is 5.73 Å². The van der Waals surface area contributed by atoms with Gasteiger partial charge in [-0.05, 0) is 50.0 Å². The third-order valence-electron chi connectivity index (χ3n) is 3.27. The van der Waals surface area contributed by atoms with Gasteiger partial charge < -0.3 is 5.73 Å². The number of nitrogens with zero attached hydrogens (tertiary/aromatic N) is 1. The van der Waals surface area contributed by atoms with Gasteiger partial charge in [0.1, 0.15) is 5.82 Å². The molecule has 1 aliphatic heterocycles. The first-order valence-electron chi connectivity index (χ1n) is 5.89. The quantitative estimate of drug-likeness (QED) is 0.838. The number of hydrogen-bond donors (Lipinski definition) is 1. The Morgan fingerprint density at radius 1 is 1.41 bits per heavy atom. The molecule has 2 nitrogen and oxygen atoms in total. The third-order valence-corrected chi connectivity index (χ3v) is 3.50. The summed E-state index contributed by atoms with van der Waals surface area (Å²) < 4.78 is 13.3. The highest BCUT2D eigenvalue weighted by Crippen LogP contribution is 2.26. The molecule has 92 valence electrons. The number of hydrogen-bond acceptors (Lipinski definition) is 2. The van der Waals surface area contributed by atoms with Crippen molar-refractivity contribution in [3.8, 4) is 0 Å². The van der Waals surface area contributed by atoms with Gasteiger partial charge in [0, 0.05) is 0 Å². The largest absolute Gasteiger partial charge is 0.392 e. The molecule has 2 N–H and O–H groups in total. The van der Waals surface area contributed by atoms with E-state index in [2.05, 4.69) is 4.90 Å². The molecule has 1 saturated heterocycles. The van der Waals surface area contributed by atoms with Crippen molar-refractivity contribution in [2.75, 3.05) is 13.1 Å². The molecule has 2 rings (SSSR count). The van der Waals surface area contributed by atoms with Crippen molar-refractivity contribution in [1.82, 2.24) is 4.90 Å². The zero-order chi connectivity index (χ0) is 12.4. The van der Waals surface area contributed by atoms with E-state index >= 15 is 0 Å². The second-order valence-electron chi connectivity index (χ2n) is 4.56. The lowest BCUT2D eigenvalue weighted by Gasteiger charge is -2.27. The Morgan fingerprint density at radius 2 is 2.06 bits per heavy atom. The Bertz CT molecular complexity index is 427. The minimum atomic E-state index is -0.183. The van der Waals surface area contributed by atoms with Crippen LogP contribution in [0, 0.1) is 12.7 Å². The van der Waals surface area contributed by atoms with Gasteiger partial charge in [0.25, 0.3) is 0 Å². The molecule has 0 amide bonds. The Labute approximate surface area is 107 Å². The van der Waals surface area contributed by atoms with Gasteiger partial charge >= 0.3 is 0 Å². The van der Waals surface area contributed by atoms with Crippen LogP contribution in [0.3, 0.4) is 0 Å². The van der Waals surface area contributed by atoms with E-state index in [9.17, 15) is 4.39 Å². The average Bonchev–Trinajstić information content (AvgIpc) is 2.76. The number of thiocarbonyl (C=S) groups is 1. The van der Waals surface area contributed by atoms with E-state index in [1.807, 2.05) is 6.07 Å². The molecule has 0 bridgehead atoms.